The van der Waals surface area contributed by atoms with Crippen LogP contribution in [0.3, 0.4) is 0 Å². The zero-order valence-corrected chi connectivity index (χ0v) is 10.9. The van der Waals surface area contributed by atoms with E-state index in [-0.39, 0.29) is 18.6 Å². The Bertz CT molecular complexity index is 224. The maximum Gasteiger partial charge on any atom is 0.325 e. The smallest absolute Gasteiger partial charge is 0.325 e. The van der Waals surface area contributed by atoms with Crippen molar-refractivity contribution in [3.8, 4) is 0 Å². The summed E-state index contributed by atoms with van der Waals surface area (Å²) >= 11 is 1.76. The first kappa shape index (κ1) is 15.1. The average Bonchev–Trinajstić information content (AvgIpc) is 2.24. The average molecular weight is 248 g/mol. The lowest BCUT2D eigenvalue weighted by molar-refractivity contribution is -0.141. The first-order valence-electron chi connectivity index (χ1n) is 5.37. The van der Waals surface area contributed by atoms with Crippen LogP contribution in [0.1, 0.15) is 20.8 Å². The van der Waals surface area contributed by atoms with Gasteiger partial charge in [0.2, 0.25) is 0 Å². The van der Waals surface area contributed by atoms with Crippen molar-refractivity contribution >= 4 is 23.8 Å². The summed E-state index contributed by atoms with van der Waals surface area (Å²) in [5.74, 6) is 1.47. The summed E-state index contributed by atoms with van der Waals surface area (Å²) in [5, 5.41) is 5.17. The van der Waals surface area contributed by atoms with Gasteiger partial charge in [-0.1, -0.05) is 6.92 Å². The minimum atomic E-state index is -0.423. The van der Waals surface area contributed by atoms with Crippen molar-refractivity contribution in [2.75, 3.05) is 24.7 Å². The van der Waals surface area contributed by atoms with E-state index in [1.807, 2.05) is 6.92 Å². The summed E-state index contributed by atoms with van der Waals surface area (Å²) in [6, 6.07) is -0.246. The molecule has 0 aromatic heterocycles. The van der Waals surface area contributed by atoms with Gasteiger partial charge in [0.15, 0.2) is 0 Å². The lowest BCUT2D eigenvalue weighted by Gasteiger charge is -2.13. The third-order valence-corrected chi connectivity index (χ3v) is 2.79. The molecule has 0 aromatic rings. The molecular formula is C10H20N2O3S. The maximum absolute atomic E-state index is 11.3. The van der Waals surface area contributed by atoms with Gasteiger partial charge >= 0.3 is 12.0 Å². The molecule has 0 rings (SSSR count). The predicted octanol–water partition coefficient (Wildman–Crippen LogP) is 0.990. The normalized spacial score (nSPS) is 11.7. The molecule has 0 aliphatic rings. The molecule has 0 heterocycles. The van der Waals surface area contributed by atoms with Crippen molar-refractivity contribution < 1.29 is 14.3 Å². The zero-order valence-electron chi connectivity index (χ0n) is 10.0. The van der Waals surface area contributed by atoms with Crippen LogP contribution in [0.25, 0.3) is 0 Å². The second-order valence-corrected chi connectivity index (χ2v) is 4.51. The Labute approximate surface area is 101 Å². The molecular weight excluding hydrogens is 228 g/mol. The van der Waals surface area contributed by atoms with Gasteiger partial charge in [-0.2, -0.15) is 11.8 Å². The van der Waals surface area contributed by atoms with E-state index < -0.39 is 5.97 Å². The topological polar surface area (TPSA) is 67.4 Å². The highest BCUT2D eigenvalue weighted by Gasteiger charge is 2.08. The molecule has 0 aromatic carbocycles. The number of carbonyl (C=O) groups excluding carboxylic acids is 2. The molecule has 0 bridgehead atoms. The summed E-state index contributed by atoms with van der Waals surface area (Å²) in [6.07, 6.45) is 0. The van der Waals surface area contributed by atoms with Gasteiger partial charge in [0.1, 0.15) is 6.54 Å². The van der Waals surface area contributed by atoms with Crippen molar-refractivity contribution in [3.63, 3.8) is 0 Å². The van der Waals surface area contributed by atoms with Crippen LogP contribution in [0.4, 0.5) is 4.79 Å². The van der Waals surface area contributed by atoms with Gasteiger partial charge in [-0.15, -0.1) is 0 Å². The molecule has 0 fully saturated rings. The molecule has 0 saturated carbocycles. The van der Waals surface area contributed by atoms with Gasteiger partial charge in [0, 0.05) is 11.8 Å². The van der Waals surface area contributed by atoms with Gasteiger partial charge < -0.3 is 15.4 Å². The van der Waals surface area contributed by atoms with Gasteiger partial charge in [0.25, 0.3) is 0 Å². The standard InChI is InChI=1S/C10H20N2O3S/c1-4-15-9(13)6-11-10(14)12-8(3)7-16-5-2/h8H,4-7H2,1-3H3,(H2,11,12,14). The Kier molecular flexibility index (Phi) is 8.80. The third-order valence-electron chi connectivity index (χ3n) is 1.65. The van der Waals surface area contributed by atoms with E-state index >= 15 is 0 Å². The first-order chi connectivity index (χ1) is 7.60. The first-order valence-corrected chi connectivity index (χ1v) is 6.53. The molecule has 94 valence electrons. The van der Waals surface area contributed by atoms with Crippen LogP contribution in [0.15, 0.2) is 0 Å². The molecule has 2 amide bonds. The van der Waals surface area contributed by atoms with Crippen molar-refractivity contribution in [1.29, 1.82) is 0 Å². The molecule has 0 saturated heterocycles. The van der Waals surface area contributed by atoms with Crippen LogP contribution in [0, 0.1) is 0 Å². The number of hydrogen-bond acceptors (Lipinski definition) is 4. The van der Waals surface area contributed by atoms with Crippen molar-refractivity contribution in [1.82, 2.24) is 10.6 Å². The Balaban J connectivity index is 3.61. The lowest BCUT2D eigenvalue weighted by atomic mass is 10.4. The summed E-state index contributed by atoms with van der Waals surface area (Å²) in [7, 11) is 0. The lowest BCUT2D eigenvalue weighted by Crippen LogP contribution is -2.43. The Morgan fingerprint density at radius 1 is 1.38 bits per heavy atom. The fourth-order valence-corrected chi connectivity index (χ4v) is 1.65. The Morgan fingerprint density at radius 3 is 2.62 bits per heavy atom. The molecule has 6 heteroatoms. The number of nitrogens with one attached hydrogen (secondary N) is 2. The Morgan fingerprint density at radius 2 is 2.06 bits per heavy atom. The molecule has 5 nitrogen and oxygen atoms in total. The SMILES string of the molecule is CCOC(=O)CNC(=O)NC(C)CSCC. The summed E-state index contributed by atoms with van der Waals surface area (Å²) in [4.78, 5) is 22.2. The van der Waals surface area contributed by atoms with Crippen molar-refractivity contribution in [3.05, 3.63) is 0 Å². The molecule has 0 aliphatic carbocycles. The number of hydrogen-bond donors (Lipinski definition) is 2. The van der Waals surface area contributed by atoms with Crippen molar-refractivity contribution in [2.45, 2.75) is 26.8 Å². The molecule has 1 atom stereocenters. The number of ether oxygens (including phenoxy) is 1. The van der Waals surface area contributed by atoms with E-state index in [1.165, 1.54) is 0 Å². The Hall–Kier alpha value is -0.910. The van der Waals surface area contributed by atoms with E-state index in [0.717, 1.165) is 11.5 Å². The fourth-order valence-electron chi connectivity index (χ4n) is 0.976. The molecule has 0 radical (unpaired) electrons. The number of urea groups is 1. The highest BCUT2D eigenvalue weighted by atomic mass is 32.2. The number of rotatable bonds is 7. The van der Waals surface area contributed by atoms with E-state index in [0.29, 0.717) is 6.61 Å². The van der Waals surface area contributed by atoms with Gasteiger partial charge in [0.05, 0.1) is 6.61 Å². The van der Waals surface area contributed by atoms with E-state index in [1.54, 1.807) is 18.7 Å². The van der Waals surface area contributed by atoms with Crippen molar-refractivity contribution in [2.24, 2.45) is 0 Å². The predicted molar refractivity (Wildman–Crippen MR) is 65.6 cm³/mol. The van der Waals surface area contributed by atoms with Crippen LogP contribution in [0.2, 0.25) is 0 Å². The summed E-state index contributed by atoms with van der Waals surface area (Å²) in [6.45, 7) is 5.95. The maximum atomic E-state index is 11.3. The number of esters is 1. The third kappa shape index (κ3) is 8.40. The number of thioether (sulfide) groups is 1. The summed E-state index contributed by atoms with van der Waals surface area (Å²) < 4.78 is 4.68. The second kappa shape index (κ2) is 9.33. The molecule has 1 unspecified atom stereocenters. The van der Waals surface area contributed by atoms with Gasteiger partial charge in [-0.25, -0.2) is 4.79 Å². The van der Waals surface area contributed by atoms with Crippen LogP contribution in [-0.4, -0.2) is 42.7 Å². The van der Waals surface area contributed by atoms with Crippen LogP contribution in [0.5, 0.6) is 0 Å². The number of carbonyl (C=O) groups is 2. The molecule has 0 spiro atoms. The highest BCUT2D eigenvalue weighted by molar-refractivity contribution is 7.99. The van der Waals surface area contributed by atoms with E-state index in [9.17, 15) is 9.59 Å². The van der Waals surface area contributed by atoms with Crippen LogP contribution < -0.4 is 10.6 Å². The second-order valence-electron chi connectivity index (χ2n) is 3.19. The quantitative estimate of drug-likeness (QED) is 0.659. The van der Waals surface area contributed by atoms with Gasteiger partial charge in [-0.05, 0) is 19.6 Å². The van der Waals surface area contributed by atoms with Crippen LogP contribution in [-0.2, 0) is 9.53 Å². The van der Waals surface area contributed by atoms with Crippen LogP contribution >= 0.6 is 11.8 Å². The largest absolute Gasteiger partial charge is 0.465 e. The fraction of sp³-hybridized carbons (Fsp3) is 0.800. The van der Waals surface area contributed by atoms with E-state index in [4.69, 9.17) is 0 Å². The zero-order chi connectivity index (χ0) is 12.4. The molecule has 2 N–H and O–H groups in total. The molecule has 0 aliphatic heterocycles. The number of amides is 2. The molecule has 16 heavy (non-hydrogen) atoms. The highest BCUT2D eigenvalue weighted by Crippen LogP contribution is 2.00. The minimum absolute atomic E-state index is 0.0899. The summed E-state index contributed by atoms with van der Waals surface area (Å²) in [5.41, 5.74) is 0. The minimum Gasteiger partial charge on any atom is -0.465 e. The van der Waals surface area contributed by atoms with E-state index in [2.05, 4.69) is 22.3 Å². The van der Waals surface area contributed by atoms with Gasteiger partial charge in [-0.3, -0.25) is 4.79 Å². The monoisotopic (exact) mass is 248 g/mol.